The Hall–Kier alpha value is -3.73. The van der Waals surface area contributed by atoms with Crippen molar-refractivity contribution in [1.82, 2.24) is 9.55 Å². The highest BCUT2D eigenvalue weighted by Gasteiger charge is 2.10. The van der Waals surface area contributed by atoms with Crippen molar-refractivity contribution >= 4 is 5.95 Å². The summed E-state index contributed by atoms with van der Waals surface area (Å²) in [6.45, 7) is 0.595. The molecule has 1 aromatic heterocycles. The molecule has 0 atom stereocenters. The third-order valence-corrected chi connectivity index (χ3v) is 4.47. The van der Waals surface area contributed by atoms with Crippen LogP contribution in [0.3, 0.4) is 0 Å². The Morgan fingerprint density at radius 1 is 0.857 bits per heavy atom. The van der Waals surface area contributed by atoms with E-state index in [4.69, 9.17) is 15.2 Å². The number of methoxy groups -OCH3 is 1. The highest BCUT2D eigenvalue weighted by Crippen LogP contribution is 2.27. The van der Waals surface area contributed by atoms with Crippen LogP contribution < -0.4 is 15.2 Å². The summed E-state index contributed by atoms with van der Waals surface area (Å²) in [6.07, 6.45) is 1.95. The van der Waals surface area contributed by atoms with Crippen LogP contribution in [0.5, 0.6) is 17.2 Å². The van der Waals surface area contributed by atoms with E-state index in [1.807, 2.05) is 89.6 Å². The second-order valence-corrected chi connectivity index (χ2v) is 6.36. The van der Waals surface area contributed by atoms with E-state index in [0.717, 1.165) is 34.1 Å². The average molecular weight is 371 g/mol. The van der Waals surface area contributed by atoms with E-state index in [0.29, 0.717) is 12.5 Å². The van der Waals surface area contributed by atoms with Gasteiger partial charge in [-0.15, -0.1) is 0 Å². The molecule has 0 aliphatic heterocycles. The lowest BCUT2D eigenvalue weighted by molar-refractivity contribution is 0.408. The second-order valence-electron chi connectivity index (χ2n) is 6.36. The van der Waals surface area contributed by atoms with Crippen molar-refractivity contribution in [2.45, 2.75) is 6.54 Å². The van der Waals surface area contributed by atoms with Crippen LogP contribution in [0.2, 0.25) is 0 Å². The molecule has 0 radical (unpaired) electrons. The molecule has 140 valence electrons. The molecule has 0 saturated heterocycles. The first-order valence-corrected chi connectivity index (χ1v) is 9.01. The number of nitrogen functional groups attached to an aromatic ring is 1. The third-order valence-electron chi connectivity index (χ3n) is 4.47. The number of para-hydroxylation sites is 2. The van der Waals surface area contributed by atoms with Crippen LogP contribution in [0.25, 0.3) is 11.3 Å². The second kappa shape index (κ2) is 7.88. The van der Waals surface area contributed by atoms with Gasteiger partial charge in [-0.2, -0.15) is 0 Å². The summed E-state index contributed by atoms with van der Waals surface area (Å²) in [5.74, 6) is 2.88. The smallest absolute Gasteiger partial charge is 0.201 e. The number of aromatic nitrogens is 2. The summed E-state index contributed by atoms with van der Waals surface area (Å²) in [7, 11) is 1.67. The third kappa shape index (κ3) is 3.83. The number of hydrogen-bond donors (Lipinski definition) is 1. The number of nitrogens with zero attached hydrogens (tertiary/aromatic N) is 2. The van der Waals surface area contributed by atoms with Crippen molar-refractivity contribution < 1.29 is 9.47 Å². The number of imidazole rings is 1. The SMILES string of the molecule is COc1ccccc1Cn1cc(-c2ccc(Oc3ccccc3)cc2)nc1N. The van der Waals surface area contributed by atoms with Crippen molar-refractivity contribution in [3.63, 3.8) is 0 Å². The van der Waals surface area contributed by atoms with Gasteiger partial charge in [0.05, 0.1) is 19.3 Å². The summed E-state index contributed by atoms with van der Waals surface area (Å²) in [5.41, 5.74) is 8.98. The van der Waals surface area contributed by atoms with E-state index >= 15 is 0 Å². The van der Waals surface area contributed by atoms with Crippen LogP contribution in [0, 0.1) is 0 Å². The Morgan fingerprint density at radius 2 is 1.54 bits per heavy atom. The zero-order valence-electron chi connectivity index (χ0n) is 15.6. The van der Waals surface area contributed by atoms with E-state index < -0.39 is 0 Å². The molecule has 0 aliphatic rings. The highest BCUT2D eigenvalue weighted by molar-refractivity contribution is 5.61. The molecule has 4 aromatic rings. The Morgan fingerprint density at radius 3 is 2.29 bits per heavy atom. The van der Waals surface area contributed by atoms with Gasteiger partial charge in [-0.25, -0.2) is 4.98 Å². The predicted molar refractivity (Wildman–Crippen MR) is 111 cm³/mol. The molecule has 5 heteroatoms. The summed E-state index contributed by atoms with van der Waals surface area (Å²) in [4.78, 5) is 4.51. The fourth-order valence-corrected chi connectivity index (χ4v) is 3.03. The first kappa shape index (κ1) is 17.7. The molecule has 0 spiro atoms. The van der Waals surface area contributed by atoms with Crippen LogP contribution in [-0.2, 0) is 6.54 Å². The first-order chi connectivity index (χ1) is 13.7. The monoisotopic (exact) mass is 371 g/mol. The van der Waals surface area contributed by atoms with Crippen molar-refractivity contribution in [3.05, 3.63) is 90.6 Å². The fourth-order valence-electron chi connectivity index (χ4n) is 3.03. The number of hydrogen-bond acceptors (Lipinski definition) is 4. The predicted octanol–water partition coefficient (Wildman–Crippen LogP) is 4.98. The van der Waals surface area contributed by atoms with Gasteiger partial charge in [-0.1, -0.05) is 36.4 Å². The van der Waals surface area contributed by atoms with E-state index in [2.05, 4.69) is 4.98 Å². The van der Waals surface area contributed by atoms with Crippen LogP contribution >= 0.6 is 0 Å². The average Bonchev–Trinajstić information content (AvgIpc) is 3.10. The largest absolute Gasteiger partial charge is 0.496 e. The van der Waals surface area contributed by atoms with Gasteiger partial charge >= 0.3 is 0 Å². The molecular weight excluding hydrogens is 350 g/mol. The Balaban J connectivity index is 1.53. The molecule has 3 aromatic carbocycles. The molecule has 0 aliphatic carbocycles. The molecule has 4 rings (SSSR count). The maximum Gasteiger partial charge on any atom is 0.201 e. The molecule has 2 N–H and O–H groups in total. The van der Waals surface area contributed by atoms with E-state index in [1.54, 1.807) is 7.11 Å². The maximum absolute atomic E-state index is 6.14. The molecule has 0 unspecified atom stereocenters. The molecule has 0 bridgehead atoms. The van der Waals surface area contributed by atoms with Crippen molar-refractivity contribution in [1.29, 1.82) is 0 Å². The number of anilines is 1. The number of benzene rings is 3. The Bertz CT molecular complexity index is 1060. The molecule has 0 fully saturated rings. The topological polar surface area (TPSA) is 62.3 Å². The minimum atomic E-state index is 0.463. The van der Waals surface area contributed by atoms with Crippen LogP contribution in [0.15, 0.2) is 85.1 Å². The van der Waals surface area contributed by atoms with Gasteiger partial charge in [0, 0.05) is 17.3 Å². The van der Waals surface area contributed by atoms with Gasteiger partial charge in [0.25, 0.3) is 0 Å². The van der Waals surface area contributed by atoms with Gasteiger partial charge in [0.2, 0.25) is 5.95 Å². The number of rotatable bonds is 6. The van der Waals surface area contributed by atoms with E-state index in [1.165, 1.54) is 0 Å². The Kier molecular flexibility index (Phi) is 4.97. The van der Waals surface area contributed by atoms with Crippen molar-refractivity contribution in [3.8, 4) is 28.5 Å². The minimum absolute atomic E-state index is 0.463. The Labute approximate surface area is 164 Å². The number of ether oxygens (including phenoxy) is 2. The molecule has 5 nitrogen and oxygen atoms in total. The lowest BCUT2D eigenvalue weighted by atomic mass is 10.1. The molecule has 0 amide bonds. The normalized spacial score (nSPS) is 10.6. The zero-order chi connectivity index (χ0) is 19.3. The van der Waals surface area contributed by atoms with Crippen LogP contribution in [0.1, 0.15) is 5.56 Å². The van der Waals surface area contributed by atoms with E-state index in [-0.39, 0.29) is 0 Å². The molecule has 1 heterocycles. The number of nitrogens with two attached hydrogens (primary N) is 1. The summed E-state index contributed by atoms with van der Waals surface area (Å²) in [6, 6.07) is 25.4. The first-order valence-electron chi connectivity index (χ1n) is 9.01. The van der Waals surface area contributed by atoms with Gasteiger partial charge in [0.1, 0.15) is 17.2 Å². The molecule has 28 heavy (non-hydrogen) atoms. The van der Waals surface area contributed by atoms with Crippen molar-refractivity contribution in [2.24, 2.45) is 0 Å². The quantitative estimate of drug-likeness (QED) is 0.519. The van der Waals surface area contributed by atoms with Gasteiger partial charge in [-0.05, 0) is 42.5 Å². The molecule has 0 saturated carbocycles. The van der Waals surface area contributed by atoms with E-state index in [9.17, 15) is 0 Å². The summed E-state index contributed by atoms with van der Waals surface area (Å²) >= 11 is 0. The van der Waals surface area contributed by atoms with Gasteiger partial charge in [-0.3, -0.25) is 0 Å². The fraction of sp³-hybridized carbons (Fsp3) is 0.0870. The maximum atomic E-state index is 6.14. The standard InChI is InChI=1S/C23H21N3O2/c1-27-22-10-6-5-7-18(22)15-26-16-21(25-23(26)24)17-11-13-20(14-12-17)28-19-8-3-2-4-9-19/h2-14,16H,15H2,1H3,(H2,24,25). The lowest BCUT2D eigenvalue weighted by Gasteiger charge is -2.09. The van der Waals surface area contributed by atoms with Crippen LogP contribution in [-0.4, -0.2) is 16.7 Å². The lowest BCUT2D eigenvalue weighted by Crippen LogP contribution is -2.04. The van der Waals surface area contributed by atoms with Crippen LogP contribution in [0.4, 0.5) is 5.95 Å². The zero-order valence-corrected chi connectivity index (χ0v) is 15.6. The minimum Gasteiger partial charge on any atom is -0.496 e. The van der Waals surface area contributed by atoms with Crippen molar-refractivity contribution in [2.75, 3.05) is 12.8 Å². The summed E-state index contributed by atoms with van der Waals surface area (Å²) < 4.78 is 13.2. The summed E-state index contributed by atoms with van der Waals surface area (Å²) in [5, 5.41) is 0. The molecular formula is C23H21N3O2. The van der Waals surface area contributed by atoms with Gasteiger partial charge < -0.3 is 19.8 Å². The van der Waals surface area contributed by atoms with Gasteiger partial charge in [0.15, 0.2) is 0 Å². The highest BCUT2D eigenvalue weighted by atomic mass is 16.5.